The van der Waals surface area contributed by atoms with Crippen LogP contribution < -0.4 is 10.0 Å². The molecule has 0 saturated heterocycles. The number of carbonyl (C=O) groups is 1. The summed E-state index contributed by atoms with van der Waals surface area (Å²) in [6.45, 7) is 1.96. The second-order valence-electron chi connectivity index (χ2n) is 7.03. The van der Waals surface area contributed by atoms with Gasteiger partial charge in [0.2, 0.25) is 6.41 Å². The lowest BCUT2D eigenvalue weighted by Gasteiger charge is -2.14. The largest absolute Gasteiger partial charge is 0.505 e. The van der Waals surface area contributed by atoms with Gasteiger partial charge in [0.15, 0.2) is 5.75 Å². The lowest BCUT2D eigenvalue weighted by Crippen LogP contribution is -2.15. The van der Waals surface area contributed by atoms with Crippen LogP contribution in [0.2, 0.25) is 5.02 Å². The van der Waals surface area contributed by atoms with Crippen LogP contribution in [0.25, 0.3) is 11.1 Å². The van der Waals surface area contributed by atoms with E-state index in [-0.39, 0.29) is 10.6 Å². The molecule has 10 heteroatoms. The Bertz CT molecular complexity index is 1280. The molecule has 0 unspecified atom stereocenters. The number of amides is 1. The highest BCUT2D eigenvalue weighted by Crippen LogP contribution is 2.35. The monoisotopic (exact) mass is 480 g/mol. The average molecular weight is 481 g/mol. The first-order valence-electron chi connectivity index (χ1n) is 9.39. The van der Waals surface area contributed by atoms with Crippen LogP contribution in [-0.4, -0.2) is 26.5 Å². The van der Waals surface area contributed by atoms with Gasteiger partial charge < -0.3 is 10.4 Å². The first kappa shape index (κ1) is 23.5. The van der Waals surface area contributed by atoms with Gasteiger partial charge in [-0.2, -0.15) is 0 Å². The lowest BCUT2D eigenvalue weighted by atomic mass is 10.0. The number of phenols is 1. The third-order valence-electron chi connectivity index (χ3n) is 4.64. The number of rotatable bonds is 8. The molecule has 0 saturated carbocycles. The normalized spacial score (nSPS) is 11.2. The molecular weight excluding hydrogens is 462 g/mol. The highest BCUT2D eigenvalue weighted by Gasteiger charge is 2.24. The zero-order valence-corrected chi connectivity index (χ0v) is 18.4. The van der Waals surface area contributed by atoms with Gasteiger partial charge in [-0.05, 0) is 48.2 Å². The fourth-order valence-electron chi connectivity index (χ4n) is 3.13. The fourth-order valence-corrected chi connectivity index (χ4v) is 4.72. The summed E-state index contributed by atoms with van der Waals surface area (Å²) in [7, 11) is -4.43. The van der Waals surface area contributed by atoms with Gasteiger partial charge in [-0.15, -0.1) is 0 Å². The van der Waals surface area contributed by atoms with E-state index in [0.29, 0.717) is 36.6 Å². The van der Waals surface area contributed by atoms with Crippen LogP contribution in [0.1, 0.15) is 11.1 Å². The van der Waals surface area contributed by atoms with E-state index >= 15 is 0 Å². The smallest absolute Gasteiger partial charge is 0.265 e. The molecule has 0 spiro atoms. The first-order chi connectivity index (χ1) is 15.1. The summed E-state index contributed by atoms with van der Waals surface area (Å²) in [4.78, 5) is 9.87. The third-order valence-corrected chi connectivity index (χ3v) is 6.31. The fraction of sp³-hybridized carbons (Fsp3) is 0.136. The SMILES string of the molecule is Cc1cc(Cl)c(O)c(S(=O)(=O)Nc2cc(-c3cccc(CCNC=O)c3)c(F)cc2F)c1. The zero-order valence-electron chi connectivity index (χ0n) is 16.8. The molecule has 0 bridgehead atoms. The number of sulfonamides is 1. The Balaban J connectivity index is 1.99. The Morgan fingerprint density at radius 2 is 1.84 bits per heavy atom. The van der Waals surface area contributed by atoms with Crippen LogP contribution in [0, 0.1) is 18.6 Å². The second kappa shape index (κ2) is 9.54. The second-order valence-corrected chi connectivity index (χ2v) is 9.09. The van der Waals surface area contributed by atoms with Crippen molar-refractivity contribution < 1.29 is 27.1 Å². The Hall–Kier alpha value is -3.17. The first-order valence-corrected chi connectivity index (χ1v) is 11.3. The van der Waals surface area contributed by atoms with Crippen LogP contribution in [0.15, 0.2) is 53.4 Å². The zero-order chi connectivity index (χ0) is 23.5. The molecule has 0 atom stereocenters. The molecule has 0 radical (unpaired) electrons. The van der Waals surface area contributed by atoms with E-state index in [1.165, 1.54) is 12.1 Å². The van der Waals surface area contributed by atoms with Crippen LogP contribution in [0.4, 0.5) is 14.5 Å². The standard InChI is InChI=1S/C22H19ClF2N2O4S/c1-13-7-17(23)22(29)21(8-13)32(30,31)27-20-10-16(18(24)11-19(20)25)15-4-2-3-14(9-15)5-6-26-12-28/h2-4,7-12,27,29H,5-6H2,1H3,(H,26,28). The number of aryl methyl sites for hydroxylation is 1. The van der Waals surface area contributed by atoms with E-state index < -0.39 is 38.0 Å². The predicted octanol–water partition coefficient (Wildman–Crippen LogP) is 4.39. The lowest BCUT2D eigenvalue weighted by molar-refractivity contribution is -0.109. The number of hydrogen-bond acceptors (Lipinski definition) is 4. The van der Waals surface area contributed by atoms with E-state index in [1.54, 1.807) is 31.2 Å². The van der Waals surface area contributed by atoms with E-state index in [4.69, 9.17) is 11.6 Å². The molecule has 0 heterocycles. The van der Waals surface area contributed by atoms with Crippen molar-refractivity contribution in [3.8, 4) is 16.9 Å². The predicted molar refractivity (Wildman–Crippen MR) is 118 cm³/mol. The van der Waals surface area contributed by atoms with E-state index in [0.717, 1.165) is 11.6 Å². The minimum atomic E-state index is -4.43. The summed E-state index contributed by atoms with van der Waals surface area (Å²) < 4.78 is 56.6. The highest BCUT2D eigenvalue weighted by molar-refractivity contribution is 7.92. The summed E-state index contributed by atoms with van der Waals surface area (Å²) >= 11 is 5.86. The molecule has 168 valence electrons. The Morgan fingerprint density at radius 1 is 1.09 bits per heavy atom. The molecule has 6 nitrogen and oxygen atoms in total. The van der Waals surface area contributed by atoms with Crippen molar-refractivity contribution in [2.45, 2.75) is 18.2 Å². The van der Waals surface area contributed by atoms with Crippen molar-refractivity contribution in [1.29, 1.82) is 0 Å². The van der Waals surface area contributed by atoms with Crippen LogP contribution in [-0.2, 0) is 21.2 Å². The number of nitrogens with one attached hydrogen (secondary N) is 2. The molecule has 1 amide bonds. The van der Waals surface area contributed by atoms with Gasteiger partial charge in [0.25, 0.3) is 10.0 Å². The molecule has 3 rings (SSSR count). The van der Waals surface area contributed by atoms with Crippen LogP contribution in [0.3, 0.4) is 0 Å². The van der Waals surface area contributed by atoms with Crippen LogP contribution >= 0.6 is 11.6 Å². The Kier molecular flexibility index (Phi) is 7.00. The molecular formula is C22H19ClF2N2O4S. The summed E-state index contributed by atoms with van der Waals surface area (Å²) in [6.07, 6.45) is 1.06. The van der Waals surface area contributed by atoms with Crippen molar-refractivity contribution in [2.75, 3.05) is 11.3 Å². The quantitative estimate of drug-likeness (QED) is 0.329. The highest BCUT2D eigenvalue weighted by atomic mass is 35.5. The van der Waals surface area contributed by atoms with Crippen molar-refractivity contribution in [1.82, 2.24) is 5.32 Å². The average Bonchev–Trinajstić information content (AvgIpc) is 2.73. The number of benzene rings is 3. The minimum Gasteiger partial charge on any atom is -0.505 e. The van der Waals surface area contributed by atoms with Gasteiger partial charge in [-0.1, -0.05) is 35.9 Å². The van der Waals surface area contributed by atoms with E-state index in [1.807, 2.05) is 0 Å². The number of halogens is 3. The Morgan fingerprint density at radius 3 is 2.56 bits per heavy atom. The molecule has 0 fully saturated rings. The van der Waals surface area contributed by atoms with Crippen molar-refractivity contribution in [3.63, 3.8) is 0 Å². The summed E-state index contributed by atoms with van der Waals surface area (Å²) in [5, 5.41) is 12.4. The summed E-state index contributed by atoms with van der Waals surface area (Å²) in [5.41, 5.74) is 1.14. The van der Waals surface area contributed by atoms with Gasteiger partial charge in [0.1, 0.15) is 16.5 Å². The molecule has 32 heavy (non-hydrogen) atoms. The number of hydrogen-bond donors (Lipinski definition) is 3. The van der Waals surface area contributed by atoms with Crippen molar-refractivity contribution >= 4 is 33.7 Å². The van der Waals surface area contributed by atoms with Gasteiger partial charge in [0.05, 0.1) is 10.7 Å². The van der Waals surface area contributed by atoms with Crippen LogP contribution in [0.5, 0.6) is 5.75 Å². The molecule has 0 aliphatic carbocycles. The van der Waals surface area contributed by atoms with Gasteiger partial charge in [0, 0.05) is 18.2 Å². The third kappa shape index (κ3) is 5.17. The van der Waals surface area contributed by atoms with E-state index in [9.17, 15) is 27.1 Å². The number of anilines is 1. The van der Waals surface area contributed by atoms with E-state index in [2.05, 4.69) is 10.0 Å². The van der Waals surface area contributed by atoms with Gasteiger partial charge in [-0.25, -0.2) is 17.2 Å². The molecule has 0 aliphatic rings. The van der Waals surface area contributed by atoms with Gasteiger partial charge in [-0.3, -0.25) is 9.52 Å². The number of aromatic hydroxyl groups is 1. The maximum atomic E-state index is 14.5. The van der Waals surface area contributed by atoms with Crippen molar-refractivity contribution in [3.05, 3.63) is 76.3 Å². The summed E-state index contributed by atoms with van der Waals surface area (Å²) in [6, 6.07) is 10.9. The maximum Gasteiger partial charge on any atom is 0.265 e. The minimum absolute atomic E-state index is 0.0270. The number of phenolic OH excluding ortho intramolecular Hbond substituents is 1. The maximum absolute atomic E-state index is 14.5. The summed E-state index contributed by atoms with van der Waals surface area (Å²) in [5.74, 6) is -2.68. The molecule has 0 aliphatic heterocycles. The molecule has 3 N–H and O–H groups in total. The molecule has 3 aromatic rings. The van der Waals surface area contributed by atoms with Gasteiger partial charge >= 0.3 is 0 Å². The Labute approximate surface area is 188 Å². The molecule has 3 aromatic carbocycles. The molecule has 0 aromatic heterocycles. The number of carbonyl (C=O) groups excluding carboxylic acids is 1. The van der Waals surface area contributed by atoms with Crippen molar-refractivity contribution in [2.24, 2.45) is 0 Å². The topological polar surface area (TPSA) is 95.5 Å².